The van der Waals surface area contributed by atoms with Gasteiger partial charge in [0.25, 0.3) is 0 Å². The summed E-state index contributed by atoms with van der Waals surface area (Å²) in [5, 5.41) is 8.00. The first kappa shape index (κ1) is 19.9. The molecular weight excluding hydrogens is 458 g/mol. The van der Waals surface area contributed by atoms with Gasteiger partial charge in [-0.1, -0.05) is 48.0 Å². The van der Waals surface area contributed by atoms with E-state index in [2.05, 4.69) is 84.3 Å². The minimum Gasteiger partial charge on any atom is -0.496 e. The SMILES string of the molecule is COc1ccc(Cl)c2c1c1ccccc1n2-c1ccc2cc3c(cc2c1)sc1cc(C)ccc13. The molecule has 0 saturated carbocycles. The second-order valence-electron chi connectivity index (χ2n) is 8.81. The molecule has 2 nitrogen and oxygen atoms in total. The van der Waals surface area contributed by atoms with E-state index in [0.717, 1.165) is 33.2 Å². The minimum atomic E-state index is 0.711. The second-order valence-corrected chi connectivity index (χ2v) is 10.3. The van der Waals surface area contributed by atoms with Crippen LogP contribution in [0.25, 0.3) is 58.4 Å². The van der Waals surface area contributed by atoms with Crippen LogP contribution in [-0.4, -0.2) is 11.7 Å². The van der Waals surface area contributed by atoms with Crippen LogP contribution in [0.15, 0.2) is 84.9 Å². The van der Waals surface area contributed by atoms with Crippen LogP contribution in [0.3, 0.4) is 0 Å². The van der Waals surface area contributed by atoms with Gasteiger partial charge in [0.1, 0.15) is 5.75 Å². The number of methoxy groups -OCH3 is 1. The predicted octanol–water partition coefficient (Wildman–Crippen LogP) is 9.28. The highest BCUT2D eigenvalue weighted by molar-refractivity contribution is 7.25. The number of hydrogen-bond acceptors (Lipinski definition) is 2. The van der Waals surface area contributed by atoms with Crippen LogP contribution in [0.4, 0.5) is 0 Å². The van der Waals surface area contributed by atoms with Gasteiger partial charge in [-0.15, -0.1) is 11.3 Å². The number of hydrogen-bond donors (Lipinski definition) is 0. The number of rotatable bonds is 2. The second kappa shape index (κ2) is 7.23. The Balaban J connectivity index is 1.55. The van der Waals surface area contributed by atoms with Gasteiger partial charge in [0.15, 0.2) is 0 Å². The number of fused-ring (bicyclic) bond motifs is 7. The molecule has 0 amide bonds. The van der Waals surface area contributed by atoms with Crippen molar-refractivity contribution in [1.82, 2.24) is 4.57 Å². The molecule has 0 atom stereocenters. The lowest BCUT2D eigenvalue weighted by atomic mass is 10.0. The summed E-state index contributed by atoms with van der Waals surface area (Å²) in [6.45, 7) is 2.15. The first-order valence-corrected chi connectivity index (χ1v) is 12.4. The van der Waals surface area contributed by atoms with Gasteiger partial charge in [-0.25, -0.2) is 0 Å². The summed E-state index contributed by atoms with van der Waals surface area (Å²) >= 11 is 8.65. The molecule has 0 bridgehead atoms. The predicted molar refractivity (Wildman–Crippen MR) is 147 cm³/mol. The van der Waals surface area contributed by atoms with Crippen LogP contribution >= 0.6 is 22.9 Å². The summed E-state index contributed by atoms with van der Waals surface area (Å²) in [7, 11) is 1.71. The molecule has 7 rings (SSSR count). The molecule has 0 aliphatic rings. The third-order valence-electron chi connectivity index (χ3n) is 6.78. The standard InChI is InChI=1S/C30H20ClNOS/c1-17-7-10-21-23-15-18-8-9-20(14-19(18)16-28(23)34-27(21)13-17)32-25-6-4-3-5-22(25)29-26(33-2)12-11-24(31)30(29)32/h3-16H,1-2H3. The Labute approximate surface area is 205 Å². The summed E-state index contributed by atoms with van der Waals surface area (Å²) in [5.74, 6) is 0.831. The number of aryl methyl sites for hydroxylation is 1. The Morgan fingerprint density at radius 3 is 2.50 bits per heavy atom. The smallest absolute Gasteiger partial charge is 0.128 e. The monoisotopic (exact) mass is 477 g/mol. The normalized spacial score (nSPS) is 12.0. The molecule has 2 aromatic heterocycles. The van der Waals surface area contributed by atoms with Crippen molar-refractivity contribution in [3.8, 4) is 11.4 Å². The zero-order valence-corrected chi connectivity index (χ0v) is 20.3. The van der Waals surface area contributed by atoms with Gasteiger partial charge < -0.3 is 9.30 Å². The number of aromatic nitrogens is 1. The molecule has 0 aliphatic carbocycles. The molecule has 5 aromatic carbocycles. The summed E-state index contributed by atoms with van der Waals surface area (Å²) in [6, 6.07) is 30.3. The zero-order valence-electron chi connectivity index (χ0n) is 18.7. The molecule has 0 unspecified atom stereocenters. The van der Waals surface area contributed by atoms with Crippen LogP contribution in [-0.2, 0) is 0 Å². The van der Waals surface area contributed by atoms with E-state index in [4.69, 9.17) is 16.3 Å². The summed E-state index contributed by atoms with van der Waals surface area (Å²) in [6.07, 6.45) is 0. The van der Waals surface area contributed by atoms with E-state index < -0.39 is 0 Å². The molecule has 164 valence electrons. The lowest BCUT2D eigenvalue weighted by Crippen LogP contribution is -1.95. The van der Waals surface area contributed by atoms with Crippen molar-refractivity contribution in [1.29, 1.82) is 0 Å². The van der Waals surface area contributed by atoms with Gasteiger partial charge in [-0.3, -0.25) is 0 Å². The van der Waals surface area contributed by atoms with Gasteiger partial charge in [0.2, 0.25) is 0 Å². The minimum absolute atomic E-state index is 0.711. The van der Waals surface area contributed by atoms with Gasteiger partial charge in [0, 0.05) is 31.2 Å². The number of thiophene rings is 1. The average molecular weight is 478 g/mol. The number of para-hydroxylation sites is 1. The molecule has 0 fully saturated rings. The Bertz CT molecular complexity index is 1930. The van der Waals surface area contributed by atoms with Crippen LogP contribution in [0.2, 0.25) is 5.02 Å². The lowest BCUT2D eigenvalue weighted by molar-refractivity contribution is 0.420. The Kier molecular flexibility index (Phi) is 4.23. The van der Waals surface area contributed by atoms with Gasteiger partial charge in [0.05, 0.1) is 28.6 Å². The van der Waals surface area contributed by atoms with Crippen molar-refractivity contribution < 1.29 is 4.74 Å². The van der Waals surface area contributed by atoms with E-state index in [0.29, 0.717) is 5.02 Å². The summed E-state index contributed by atoms with van der Waals surface area (Å²) in [5.41, 5.74) is 4.47. The first-order chi connectivity index (χ1) is 16.6. The molecular formula is C30H20ClNOS. The molecule has 2 heterocycles. The summed E-state index contributed by atoms with van der Waals surface area (Å²) < 4.78 is 10.6. The molecule has 7 aromatic rings. The van der Waals surface area contributed by atoms with Crippen LogP contribution in [0.1, 0.15) is 5.56 Å². The number of benzene rings is 5. The Morgan fingerprint density at radius 1 is 0.765 bits per heavy atom. The lowest BCUT2D eigenvalue weighted by Gasteiger charge is -2.11. The van der Waals surface area contributed by atoms with E-state index in [9.17, 15) is 0 Å². The quantitative estimate of drug-likeness (QED) is 0.242. The topological polar surface area (TPSA) is 14.2 Å². The van der Waals surface area contributed by atoms with E-state index >= 15 is 0 Å². The van der Waals surface area contributed by atoms with Gasteiger partial charge in [-0.05, 0) is 71.8 Å². The average Bonchev–Trinajstić information content (AvgIpc) is 3.38. The fourth-order valence-electron chi connectivity index (χ4n) is 5.22. The number of nitrogens with zero attached hydrogens (tertiary/aromatic N) is 1. The molecule has 0 N–H and O–H groups in total. The Hall–Kier alpha value is -3.53. The Morgan fingerprint density at radius 2 is 1.62 bits per heavy atom. The fourth-order valence-corrected chi connectivity index (χ4v) is 6.69. The van der Waals surface area contributed by atoms with Crippen LogP contribution < -0.4 is 4.74 Å². The van der Waals surface area contributed by atoms with E-state index in [1.807, 2.05) is 23.5 Å². The largest absolute Gasteiger partial charge is 0.496 e. The van der Waals surface area contributed by atoms with Crippen molar-refractivity contribution >= 4 is 75.7 Å². The molecule has 0 spiro atoms. The third-order valence-corrected chi connectivity index (χ3v) is 8.20. The van der Waals surface area contributed by atoms with E-state index in [1.54, 1.807) is 7.11 Å². The third kappa shape index (κ3) is 2.74. The van der Waals surface area contributed by atoms with Crippen molar-refractivity contribution in [3.63, 3.8) is 0 Å². The van der Waals surface area contributed by atoms with Crippen LogP contribution in [0.5, 0.6) is 5.75 Å². The van der Waals surface area contributed by atoms with Crippen LogP contribution in [0, 0.1) is 6.92 Å². The van der Waals surface area contributed by atoms with Crippen molar-refractivity contribution in [2.45, 2.75) is 6.92 Å². The molecule has 4 heteroatoms. The molecule has 34 heavy (non-hydrogen) atoms. The van der Waals surface area contributed by atoms with Crippen molar-refractivity contribution in [3.05, 3.63) is 95.5 Å². The van der Waals surface area contributed by atoms with E-state index in [1.165, 1.54) is 36.5 Å². The first-order valence-electron chi connectivity index (χ1n) is 11.2. The molecule has 0 saturated heterocycles. The van der Waals surface area contributed by atoms with E-state index in [-0.39, 0.29) is 0 Å². The maximum Gasteiger partial charge on any atom is 0.128 e. The number of ether oxygens (including phenoxy) is 1. The highest BCUT2D eigenvalue weighted by Gasteiger charge is 2.18. The molecule has 0 aliphatic heterocycles. The maximum atomic E-state index is 6.79. The highest BCUT2D eigenvalue weighted by atomic mass is 35.5. The van der Waals surface area contributed by atoms with Crippen molar-refractivity contribution in [2.75, 3.05) is 7.11 Å². The number of halogens is 1. The van der Waals surface area contributed by atoms with Gasteiger partial charge >= 0.3 is 0 Å². The van der Waals surface area contributed by atoms with Gasteiger partial charge in [-0.2, -0.15) is 0 Å². The maximum absolute atomic E-state index is 6.79. The fraction of sp³-hybridized carbons (Fsp3) is 0.0667. The zero-order chi connectivity index (χ0) is 23.0. The van der Waals surface area contributed by atoms with Crippen molar-refractivity contribution in [2.24, 2.45) is 0 Å². The summed E-state index contributed by atoms with van der Waals surface area (Å²) in [4.78, 5) is 0. The molecule has 0 radical (unpaired) electrons. The highest BCUT2D eigenvalue weighted by Crippen LogP contribution is 2.42.